The molecule has 4 rings (SSSR count). The van der Waals surface area contributed by atoms with Gasteiger partial charge in [-0.25, -0.2) is 9.79 Å². The van der Waals surface area contributed by atoms with E-state index in [1.54, 1.807) is 13.0 Å². The largest absolute Gasteiger partial charge is 0.484 e. The number of nitrogens with zero attached hydrogens (tertiary/aromatic N) is 2. The molecule has 0 aromatic heterocycles. The Hall–Kier alpha value is -3.52. The molecule has 170 valence electrons. The number of amides is 1. The molecule has 2 heterocycles. The van der Waals surface area contributed by atoms with Gasteiger partial charge >= 0.3 is 5.97 Å². The van der Waals surface area contributed by atoms with Gasteiger partial charge in [0.1, 0.15) is 5.75 Å². The number of esters is 1. The van der Waals surface area contributed by atoms with Gasteiger partial charge in [-0.15, -0.1) is 0 Å². The lowest BCUT2D eigenvalue weighted by Gasteiger charge is -2.33. The number of nitrogens with one attached hydrogen (secondary N) is 1. The lowest BCUT2D eigenvalue weighted by atomic mass is 9.94. The molecule has 2 aliphatic heterocycles. The number of aliphatic imine (C=N–C) groups is 1. The fraction of sp³-hybridized carbons (Fsp3) is 0.240. The number of anilines is 1. The van der Waals surface area contributed by atoms with Crippen molar-refractivity contribution in [1.29, 1.82) is 0 Å². The Balaban J connectivity index is 1.52. The second-order valence-corrected chi connectivity index (χ2v) is 8.48. The Morgan fingerprint density at radius 1 is 1.15 bits per heavy atom. The summed E-state index contributed by atoms with van der Waals surface area (Å²) in [7, 11) is 0. The summed E-state index contributed by atoms with van der Waals surface area (Å²) in [5.41, 5.74) is 3.80. The molecule has 0 saturated heterocycles. The fourth-order valence-corrected chi connectivity index (χ4v) is 4.45. The highest BCUT2D eigenvalue weighted by atomic mass is 32.2. The predicted molar refractivity (Wildman–Crippen MR) is 130 cm³/mol. The molecule has 0 bridgehead atoms. The quantitative estimate of drug-likeness (QED) is 0.595. The van der Waals surface area contributed by atoms with Crippen molar-refractivity contribution in [3.05, 3.63) is 82.5 Å². The van der Waals surface area contributed by atoms with Crippen molar-refractivity contribution in [3.8, 4) is 5.75 Å². The van der Waals surface area contributed by atoms with Crippen molar-refractivity contribution in [2.75, 3.05) is 18.5 Å². The van der Waals surface area contributed by atoms with Crippen molar-refractivity contribution < 1.29 is 19.1 Å². The number of rotatable bonds is 7. The van der Waals surface area contributed by atoms with E-state index in [0.29, 0.717) is 17.0 Å². The molecule has 0 saturated carbocycles. The van der Waals surface area contributed by atoms with Crippen LogP contribution in [0, 0.1) is 6.92 Å². The van der Waals surface area contributed by atoms with Gasteiger partial charge in [-0.05, 0) is 56.0 Å². The number of carbonyl (C=O) groups excluding carboxylic acids is 2. The first kappa shape index (κ1) is 22.7. The van der Waals surface area contributed by atoms with Crippen molar-refractivity contribution in [3.63, 3.8) is 0 Å². The number of benzene rings is 2. The molecule has 0 fully saturated rings. The zero-order valence-electron chi connectivity index (χ0n) is 18.7. The second-order valence-electron chi connectivity index (χ2n) is 7.60. The summed E-state index contributed by atoms with van der Waals surface area (Å²) in [6, 6.07) is 14.6. The summed E-state index contributed by atoms with van der Waals surface area (Å²) < 4.78 is 11.1. The maximum atomic E-state index is 12.8. The van der Waals surface area contributed by atoms with Gasteiger partial charge in [-0.1, -0.05) is 41.6 Å². The van der Waals surface area contributed by atoms with Crippen LogP contribution < -0.4 is 10.1 Å². The Bertz CT molecular complexity index is 1150. The van der Waals surface area contributed by atoms with Crippen molar-refractivity contribution in [1.82, 2.24) is 4.90 Å². The van der Waals surface area contributed by atoms with E-state index in [-0.39, 0.29) is 19.1 Å². The van der Waals surface area contributed by atoms with Gasteiger partial charge in [0, 0.05) is 11.9 Å². The van der Waals surface area contributed by atoms with E-state index < -0.39 is 12.0 Å². The summed E-state index contributed by atoms with van der Waals surface area (Å²) >= 11 is 1.50. The van der Waals surface area contributed by atoms with E-state index in [0.717, 1.165) is 22.0 Å². The highest BCUT2D eigenvalue weighted by Gasteiger charge is 2.37. The summed E-state index contributed by atoms with van der Waals surface area (Å²) in [5, 5.41) is 5.55. The number of allylic oxidation sites excluding steroid dienone is 1. The molecule has 1 amide bonds. The van der Waals surface area contributed by atoms with Gasteiger partial charge < -0.3 is 19.7 Å². The third kappa shape index (κ3) is 5.12. The molecule has 0 aliphatic carbocycles. The van der Waals surface area contributed by atoms with Crippen LogP contribution in [0.25, 0.3) is 0 Å². The zero-order valence-corrected chi connectivity index (χ0v) is 19.5. The number of ether oxygens (including phenoxy) is 2. The van der Waals surface area contributed by atoms with Gasteiger partial charge in [0.05, 0.1) is 23.9 Å². The second kappa shape index (κ2) is 9.95. The molecule has 2 aromatic carbocycles. The summed E-state index contributed by atoms with van der Waals surface area (Å²) in [6.07, 6.45) is 1.91. The Labute approximate surface area is 197 Å². The lowest BCUT2D eigenvalue weighted by molar-refractivity contribution is -0.139. The number of fused-ring (bicyclic) bond motifs is 1. The number of carbonyl (C=O) groups is 2. The van der Waals surface area contributed by atoms with Crippen LogP contribution in [0.4, 0.5) is 5.69 Å². The van der Waals surface area contributed by atoms with Gasteiger partial charge in [-0.2, -0.15) is 0 Å². The third-order valence-electron chi connectivity index (χ3n) is 5.19. The molecular weight excluding hydrogens is 438 g/mol. The van der Waals surface area contributed by atoms with E-state index in [4.69, 9.17) is 9.47 Å². The van der Waals surface area contributed by atoms with E-state index in [9.17, 15) is 9.59 Å². The Morgan fingerprint density at radius 3 is 2.70 bits per heavy atom. The molecule has 0 radical (unpaired) electrons. The van der Waals surface area contributed by atoms with Crippen molar-refractivity contribution >= 4 is 34.5 Å². The predicted octanol–water partition coefficient (Wildman–Crippen LogP) is 4.78. The van der Waals surface area contributed by atoms with Crippen LogP contribution in [0.1, 0.15) is 31.0 Å². The first-order valence-corrected chi connectivity index (χ1v) is 11.5. The maximum Gasteiger partial charge on any atom is 0.338 e. The van der Waals surface area contributed by atoms with E-state index in [2.05, 4.69) is 10.3 Å². The average molecular weight is 464 g/mol. The maximum absolute atomic E-state index is 12.8. The smallest absolute Gasteiger partial charge is 0.338 e. The fourth-order valence-electron chi connectivity index (χ4n) is 3.66. The van der Waals surface area contributed by atoms with Crippen LogP contribution in [0.2, 0.25) is 0 Å². The molecule has 33 heavy (non-hydrogen) atoms. The third-order valence-corrected chi connectivity index (χ3v) is 5.97. The monoisotopic (exact) mass is 463 g/mol. The number of thioether (sulfide) groups is 1. The Morgan fingerprint density at radius 2 is 1.94 bits per heavy atom. The number of hydrogen-bond acceptors (Lipinski definition) is 7. The molecular formula is C25H25N3O4S. The highest BCUT2D eigenvalue weighted by Crippen LogP contribution is 2.41. The first-order valence-electron chi connectivity index (χ1n) is 10.6. The number of aryl methyl sites for hydroxylation is 1. The minimum Gasteiger partial charge on any atom is -0.484 e. The van der Waals surface area contributed by atoms with Crippen molar-refractivity contribution in [2.24, 2.45) is 4.99 Å². The normalized spacial score (nSPS) is 16.9. The highest BCUT2D eigenvalue weighted by molar-refractivity contribution is 8.16. The van der Waals surface area contributed by atoms with Crippen LogP contribution in [0.5, 0.6) is 5.75 Å². The van der Waals surface area contributed by atoms with Gasteiger partial charge in [0.2, 0.25) is 0 Å². The molecule has 8 heteroatoms. The molecule has 2 aromatic rings. The molecule has 0 spiro atoms. The minimum atomic E-state index is -0.396. The minimum absolute atomic E-state index is 0.131. The molecule has 1 N–H and O–H groups in total. The van der Waals surface area contributed by atoms with Gasteiger partial charge in [-0.3, -0.25) is 4.79 Å². The lowest BCUT2D eigenvalue weighted by Crippen LogP contribution is -2.34. The topological polar surface area (TPSA) is 80.2 Å². The van der Waals surface area contributed by atoms with Crippen LogP contribution in [-0.2, 0) is 14.3 Å². The van der Waals surface area contributed by atoms with E-state index >= 15 is 0 Å². The molecule has 2 aliphatic rings. The van der Waals surface area contributed by atoms with Gasteiger partial charge in [0.15, 0.2) is 11.8 Å². The summed E-state index contributed by atoms with van der Waals surface area (Å²) in [5.74, 6) is -0.109. The summed E-state index contributed by atoms with van der Waals surface area (Å²) in [4.78, 5) is 31.6. The van der Waals surface area contributed by atoms with Crippen LogP contribution in [0.3, 0.4) is 0 Å². The van der Waals surface area contributed by atoms with E-state index in [1.807, 2.05) is 72.8 Å². The van der Waals surface area contributed by atoms with Crippen LogP contribution >= 0.6 is 11.8 Å². The summed E-state index contributed by atoms with van der Waals surface area (Å²) in [6.45, 7) is 5.74. The van der Waals surface area contributed by atoms with E-state index in [1.165, 1.54) is 11.8 Å². The van der Waals surface area contributed by atoms with Crippen LogP contribution in [0.15, 0.2) is 76.4 Å². The van der Waals surface area contributed by atoms with Gasteiger partial charge in [0.25, 0.3) is 5.91 Å². The van der Waals surface area contributed by atoms with Crippen molar-refractivity contribution in [2.45, 2.75) is 26.8 Å². The number of amidine groups is 1. The molecule has 0 unspecified atom stereocenters. The standard InChI is InChI=1S/C25H25N3O4S/c1-4-31-24(30)22-17(3)26-25-28(12-13-33-25)23(22)18-6-5-7-20(14-18)32-15-21(29)27-19-10-8-16(2)9-11-19/h5-14,23H,4,15H2,1-3H3,(H,27,29)/t23-/m1/s1. The molecule has 7 nitrogen and oxygen atoms in total. The first-order chi connectivity index (χ1) is 16.0. The zero-order chi connectivity index (χ0) is 23.4. The van der Waals surface area contributed by atoms with Crippen LogP contribution in [-0.4, -0.2) is 35.2 Å². The number of hydrogen-bond donors (Lipinski definition) is 1. The SMILES string of the molecule is CCOC(=O)C1=C(C)N=C2SC=CN2[C@@H]1c1cccc(OCC(=O)Nc2ccc(C)cc2)c1. The Kier molecular flexibility index (Phi) is 6.84. The average Bonchev–Trinajstić information content (AvgIpc) is 3.26. The molecule has 1 atom stereocenters.